The highest BCUT2D eigenvalue weighted by molar-refractivity contribution is 7.89. The quantitative estimate of drug-likeness (QED) is 0.567. The molecule has 0 spiro atoms. The van der Waals surface area contributed by atoms with Crippen molar-refractivity contribution < 1.29 is 18.0 Å². The van der Waals surface area contributed by atoms with E-state index in [2.05, 4.69) is 20.7 Å². The molecule has 0 unspecified atom stereocenters. The number of aromatic nitrogens is 3. The molecule has 2 amide bonds. The van der Waals surface area contributed by atoms with Gasteiger partial charge in [0.25, 0.3) is 10.0 Å². The zero-order valence-corrected chi connectivity index (χ0v) is 16.6. The molecular weight excluding hydrogens is 396 g/mol. The number of hydrogen-bond donors (Lipinski definition) is 2. The van der Waals surface area contributed by atoms with Gasteiger partial charge in [0, 0.05) is 43.4 Å². The Kier molecular flexibility index (Phi) is 6.22. The molecule has 2 aromatic heterocycles. The van der Waals surface area contributed by atoms with Gasteiger partial charge in [-0.05, 0) is 36.4 Å². The third-order valence-corrected chi connectivity index (χ3v) is 5.73. The molecule has 29 heavy (non-hydrogen) atoms. The van der Waals surface area contributed by atoms with Gasteiger partial charge in [-0.2, -0.15) is 5.10 Å². The Morgan fingerprint density at radius 2 is 1.93 bits per heavy atom. The summed E-state index contributed by atoms with van der Waals surface area (Å²) in [5.74, 6) is 0.620. The van der Waals surface area contributed by atoms with Gasteiger partial charge in [0.1, 0.15) is 0 Å². The van der Waals surface area contributed by atoms with E-state index in [0.717, 1.165) is 10.0 Å². The molecule has 0 fully saturated rings. The van der Waals surface area contributed by atoms with E-state index in [1.165, 1.54) is 38.4 Å². The first-order valence-corrected chi connectivity index (χ1v) is 9.97. The van der Waals surface area contributed by atoms with Crippen LogP contribution in [0.2, 0.25) is 0 Å². The van der Waals surface area contributed by atoms with E-state index in [0.29, 0.717) is 11.5 Å². The Bertz CT molecular complexity index is 1070. The lowest BCUT2D eigenvalue weighted by molar-refractivity contribution is -0.0258. The number of nitrogens with one attached hydrogen (secondary N) is 2. The van der Waals surface area contributed by atoms with Crippen molar-refractivity contribution in [3.8, 4) is 5.82 Å². The molecular formula is C18H20N6O4S. The van der Waals surface area contributed by atoms with Crippen LogP contribution in [0.4, 0.5) is 10.5 Å². The van der Waals surface area contributed by atoms with E-state index in [-0.39, 0.29) is 11.4 Å². The first-order chi connectivity index (χ1) is 13.9. The van der Waals surface area contributed by atoms with E-state index in [1.807, 2.05) is 6.07 Å². The fraction of sp³-hybridized carbons (Fsp3) is 0.167. The van der Waals surface area contributed by atoms with Crippen LogP contribution >= 0.6 is 0 Å². The minimum atomic E-state index is -3.74. The second-order valence-corrected chi connectivity index (χ2v) is 7.80. The maximum Gasteiger partial charge on any atom is 0.319 e. The van der Waals surface area contributed by atoms with Crippen LogP contribution in [0.3, 0.4) is 0 Å². The molecule has 0 saturated carbocycles. The zero-order valence-electron chi connectivity index (χ0n) is 15.8. The Morgan fingerprint density at radius 3 is 2.59 bits per heavy atom. The molecule has 0 aliphatic carbocycles. The van der Waals surface area contributed by atoms with Crippen LogP contribution in [0.5, 0.6) is 0 Å². The lowest BCUT2D eigenvalue weighted by Gasteiger charge is -2.14. The summed E-state index contributed by atoms with van der Waals surface area (Å²) in [6.07, 6.45) is 5.06. The lowest BCUT2D eigenvalue weighted by Crippen LogP contribution is -2.29. The summed E-state index contributed by atoms with van der Waals surface area (Å²) in [7, 11) is -1.18. The summed E-state index contributed by atoms with van der Waals surface area (Å²) in [5, 5.41) is 9.55. The SMILES string of the molecule is CON(C)S(=O)(=O)c1ccc(NC(=O)NCc2cccnc2-n2cccn2)cc1. The van der Waals surface area contributed by atoms with Crippen molar-refractivity contribution in [2.45, 2.75) is 11.4 Å². The molecule has 3 aromatic rings. The number of hydroxylamine groups is 1. The van der Waals surface area contributed by atoms with Gasteiger partial charge in [0.05, 0.1) is 12.0 Å². The van der Waals surface area contributed by atoms with E-state index in [4.69, 9.17) is 4.84 Å². The Morgan fingerprint density at radius 1 is 1.17 bits per heavy atom. The third kappa shape index (κ3) is 4.77. The second-order valence-electron chi connectivity index (χ2n) is 5.87. The second kappa shape index (κ2) is 8.82. The molecule has 0 saturated heterocycles. The monoisotopic (exact) mass is 416 g/mol. The molecule has 0 aliphatic rings. The van der Waals surface area contributed by atoms with Gasteiger partial charge in [-0.15, -0.1) is 0 Å². The molecule has 3 rings (SSSR count). The van der Waals surface area contributed by atoms with Crippen LogP contribution in [0.25, 0.3) is 5.82 Å². The normalized spacial score (nSPS) is 11.4. The topological polar surface area (TPSA) is 118 Å². The van der Waals surface area contributed by atoms with E-state index in [1.54, 1.807) is 35.4 Å². The van der Waals surface area contributed by atoms with Crippen LogP contribution in [-0.2, 0) is 21.4 Å². The minimum absolute atomic E-state index is 0.0482. The first-order valence-electron chi connectivity index (χ1n) is 8.53. The zero-order chi connectivity index (χ0) is 20.9. The van der Waals surface area contributed by atoms with Crippen LogP contribution < -0.4 is 10.6 Å². The first kappa shape index (κ1) is 20.5. The summed E-state index contributed by atoms with van der Waals surface area (Å²) >= 11 is 0. The summed E-state index contributed by atoms with van der Waals surface area (Å²) in [6.45, 7) is 0.236. The molecule has 0 radical (unpaired) electrons. The van der Waals surface area contributed by atoms with Crippen LogP contribution in [0.1, 0.15) is 5.56 Å². The van der Waals surface area contributed by atoms with Gasteiger partial charge in [-0.3, -0.25) is 4.84 Å². The fourth-order valence-corrected chi connectivity index (χ4v) is 3.45. The number of carbonyl (C=O) groups is 1. The highest BCUT2D eigenvalue weighted by atomic mass is 32.2. The maximum atomic E-state index is 12.2. The van der Waals surface area contributed by atoms with Crippen molar-refractivity contribution in [3.05, 3.63) is 66.6 Å². The molecule has 11 heteroatoms. The van der Waals surface area contributed by atoms with E-state index in [9.17, 15) is 13.2 Å². The molecule has 2 N–H and O–H groups in total. The summed E-state index contributed by atoms with van der Waals surface area (Å²) in [4.78, 5) is 21.3. The van der Waals surface area contributed by atoms with Gasteiger partial charge >= 0.3 is 6.03 Å². The number of benzene rings is 1. The minimum Gasteiger partial charge on any atom is -0.334 e. The van der Waals surface area contributed by atoms with Crippen LogP contribution in [0, 0.1) is 0 Å². The Balaban J connectivity index is 1.62. The fourth-order valence-electron chi connectivity index (χ4n) is 2.48. The van der Waals surface area contributed by atoms with Crippen LogP contribution in [0.15, 0.2) is 66.0 Å². The summed E-state index contributed by atoms with van der Waals surface area (Å²) < 4.78 is 26.7. The summed E-state index contributed by atoms with van der Waals surface area (Å²) in [6, 6.07) is 10.7. The number of nitrogens with zero attached hydrogens (tertiary/aromatic N) is 4. The average molecular weight is 416 g/mol. The molecule has 2 heterocycles. The molecule has 1 aromatic carbocycles. The number of sulfonamides is 1. The highest BCUT2D eigenvalue weighted by Crippen LogP contribution is 2.17. The Hall–Kier alpha value is -3.28. The van der Waals surface area contributed by atoms with Gasteiger partial charge in [-0.1, -0.05) is 10.5 Å². The predicted molar refractivity (Wildman–Crippen MR) is 106 cm³/mol. The highest BCUT2D eigenvalue weighted by Gasteiger charge is 2.20. The lowest BCUT2D eigenvalue weighted by atomic mass is 10.2. The number of amides is 2. The van der Waals surface area contributed by atoms with Crippen LogP contribution in [-0.4, -0.2) is 47.8 Å². The standard InChI is InChI=1S/C18H20N6O4S/c1-23(28-2)29(26,27)16-8-6-15(7-9-16)22-18(25)20-13-14-5-3-10-19-17(14)24-12-4-11-21-24/h3-12H,13H2,1-2H3,(H2,20,22,25). The van der Waals surface area contributed by atoms with E-state index < -0.39 is 16.1 Å². The largest absolute Gasteiger partial charge is 0.334 e. The number of carbonyl (C=O) groups excluding carboxylic acids is 1. The number of pyridine rings is 1. The maximum absolute atomic E-state index is 12.2. The molecule has 0 aliphatic heterocycles. The summed E-state index contributed by atoms with van der Waals surface area (Å²) in [5.41, 5.74) is 1.23. The smallest absolute Gasteiger partial charge is 0.319 e. The van der Waals surface area contributed by atoms with Gasteiger partial charge in [0.2, 0.25) is 0 Å². The van der Waals surface area contributed by atoms with Crippen molar-refractivity contribution in [2.75, 3.05) is 19.5 Å². The Labute approximate surface area is 168 Å². The van der Waals surface area contributed by atoms with Crippen molar-refractivity contribution in [3.63, 3.8) is 0 Å². The average Bonchev–Trinajstić information content (AvgIpc) is 3.27. The van der Waals surface area contributed by atoms with Crippen molar-refractivity contribution in [1.29, 1.82) is 0 Å². The van der Waals surface area contributed by atoms with E-state index >= 15 is 0 Å². The van der Waals surface area contributed by atoms with Gasteiger partial charge in [-0.25, -0.2) is 22.9 Å². The van der Waals surface area contributed by atoms with Crippen molar-refractivity contribution >= 4 is 21.7 Å². The van der Waals surface area contributed by atoms with Crippen molar-refractivity contribution in [1.82, 2.24) is 24.5 Å². The van der Waals surface area contributed by atoms with Gasteiger partial charge in [0.15, 0.2) is 5.82 Å². The number of rotatable bonds is 7. The predicted octanol–water partition coefficient (Wildman–Crippen LogP) is 1.77. The third-order valence-electron chi connectivity index (χ3n) is 4.03. The number of urea groups is 1. The molecule has 0 bridgehead atoms. The van der Waals surface area contributed by atoms with Crippen molar-refractivity contribution in [2.24, 2.45) is 0 Å². The number of anilines is 1. The molecule has 10 nitrogen and oxygen atoms in total. The molecule has 152 valence electrons. The number of hydrogen-bond acceptors (Lipinski definition) is 6. The van der Waals surface area contributed by atoms with Gasteiger partial charge < -0.3 is 10.6 Å². The molecule has 0 atom stereocenters.